The van der Waals surface area contributed by atoms with Gasteiger partial charge in [0.25, 0.3) is 10.2 Å². The van der Waals surface area contributed by atoms with Crippen LogP contribution in [0.25, 0.3) is 0 Å². The van der Waals surface area contributed by atoms with Crippen molar-refractivity contribution in [3.8, 4) is 0 Å². The number of nitrogens with two attached hydrogens (primary N) is 1. The highest BCUT2D eigenvalue weighted by Gasteiger charge is 2.33. The number of nitrogens with zero attached hydrogens (tertiary/aromatic N) is 3. The minimum atomic E-state index is -3.38. The molecule has 0 bridgehead atoms. The van der Waals surface area contributed by atoms with E-state index in [9.17, 15) is 8.42 Å². The van der Waals surface area contributed by atoms with E-state index in [1.165, 1.54) is 17.1 Å². The summed E-state index contributed by atoms with van der Waals surface area (Å²) in [6.07, 6.45) is 7.54. The second kappa shape index (κ2) is 9.38. The van der Waals surface area contributed by atoms with Crippen molar-refractivity contribution in [2.24, 2.45) is 10.7 Å². The summed E-state index contributed by atoms with van der Waals surface area (Å²) in [6.45, 7) is 0.995. The fourth-order valence-corrected chi connectivity index (χ4v) is 4.53. The lowest BCUT2D eigenvalue weighted by atomic mass is 10.1. The fourth-order valence-electron chi connectivity index (χ4n) is 3.20. The summed E-state index contributed by atoms with van der Waals surface area (Å²) >= 11 is 0. The van der Waals surface area contributed by atoms with E-state index in [0.29, 0.717) is 25.1 Å². The predicted molar refractivity (Wildman–Crippen MR) is 104 cm³/mol. The number of halogens is 1. The van der Waals surface area contributed by atoms with E-state index in [1.807, 2.05) is 0 Å². The normalized spacial score (nSPS) is 24.7. The van der Waals surface area contributed by atoms with Gasteiger partial charge in [-0.2, -0.15) is 17.0 Å². The van der Waals surface area contributed by atoms with Crippen LogP contribution in [-0.4, -0.2) is 62.3 Å². The van der Waals surface area contributed by atoms with E-state index in [0.717, 1.165) is 32.1 Å². The second-order valence-corrected chi connectivity index (χ2v) is 8.50. The van der Waals surface area contributed by atoms with Gasteiger partial charge in [0.2, 0.25) is 0 Å². The first-order valence-corrected chi connectivity index (χ1v) is 9.56. The summed E-state index contributed by atoms with van der Waals surface area (Å²) in [4.78, 5) is 4.39. The monoisotopic (exact) mass is 459 g/mol. The van der Waals surface area contributed by atoms with Crippen LogP contribution < -0.4 is 11.1 Å². The van der Waals surface area contributed by atoms with Crippen LogP contribution in [0.2, 0.25) is 0 Å². The van der Waals surface area contributed by atoms with Crippen LogP contribution in [0.5, 0.6) is 0 Å². The highest BCUT2D eigenvalue weighted by atomic mass is 127. The molecule has 1 saturated carbocycles. The number of rotatable bonds is 5. The van der Waals surface area contributed by atoms with Crippen molar-refractivity contribution in [3.63, 3.8) is 0 Å². The Hall–Kier alpha value is -0.130. The Morgan fingerprint density at radius 3 is 2.43 bits per heavy atom. The average Bonchev–Trinajstić information content (AvgIpc) is 2.98. The molecule has 23 heavy (non-hydrogen) atoms. The minimum absolute atomic E-state index is 0. The molecular formula is C14H30IN5O2S. The van der Waals surface area contributed by atoms with Crippen LogP contribution in [0.3, 0.4) is 0 Å². The Kier molecular flexibility index (Phi) is 8.53. The molecule has 0 aromatic heterocycles. The average molecular weight is 459 g/mol. The largest absolute Gasteiger partial charge is 0.370 e. The highest BCUT2D eigenvalue weighted by molar-refractivity contribution is 14.0. The topological polar surface area (TPSA) is 91.0 Å². The Balaban J connectivity index is 0.00000264. The minimum Gasteiger partial charge on any atom is -0.370 e. The van der Waals surface area contributed by atoms with Gasteiger partial charge in [-0.3, -0.25) is 4.99 Å². The Morgan fingerprint density at radius 2 is 1.83 bits per heavy atom. The van der Waals surface area contributed by atoms with Crippen molar-refractivity contribution in [3.05, 3.63) is 0 Å². The summed E-state index contributed by atoms with van der Waals surface area (Å²) in [7, 11) is -0.244. The molecule has 136 valence electrons. The van der Waals surface area contributed by atoms with Gasteiger partial charge < -0.3 is 11.1 Å². The van der Waals surface area contributed by atoms with Gasteiger partial charge >= 0.3 is 0 Å². The molecule has 0 aromatic rings. The summed E-state index contributed by atoms with van der Waals surface area (Å²) in [5.74, 6) is 0.444. The molecule has 2 rings (SSSR count). The highest BCUT2D eigenvalue weighted by Crippen LogP contribution is 2.22. The molecule has 1 aliphatic carbocycles. The zero-order valence-electron chi connectivity index (χ0n) is 14.1. The molecule has 0 aromatic carbocycles. The van der Waals surface area contributed by atoms with Gasteiger partial charge in [-0.25, -0.2) is 0 Å². The zero-order chi connectivity index (χ0) is 16.2. The molecule has 1 saturated heterocycles. The van der Waals surface area contributed by atoms with Crippen LogP contribution in [0.1, 0.15) is 44.9 Å². The van der Waals surface area contributed by atoms with E-state index < -0.39 is 10.2 Å². The van der Waals surface area contributed by atoms with E-state index >= 15 is 0 Å². The number of piperidine rings is 1. The third-order valence-corrected chi connectivity index (χ3v) is 6.51. The van der Waals surface area contributed by atoms with Crippen molar-refractivity contribution in [1.82, 2.24) is 13.9 Å². The predicted octanol–water partition coefficient (Wildman–Crippen LogP) is 1.11. The summed E-state index contributed by atoms with van der Waals surface area (Å²) in [5, 5.41) is 3.24. The van der Waals surface area contributed by atoms with Crippen molar-refractivity contribution < 1.29 is 8.42 Å². The first-order chi connectivity index (χ1) is 10.4. The van der Waals surface area contributed by atoms with E-state index in [4.69, 9.17) is 5.73 Å². The Morgan fingerprint density at radius 1 is 1.22 bits per heavy atom. The van der Waals surface area contributed by atoms with E-state index in [2.05, 4.69) is 10.3 Å². The Labute approximate surface area is 157 Å². The van der Waals surface area contributed by atoms with Gasteiger partial charge in [0.15, 0.2) is 5.96 Å². The summed E-state index contributed by atoms with van der Waals surface area (Å²) < 4.78 is 27.6. The molecule has 3 N–H and O–H groups in total. The molecule has 1 unspecified atom stereocenters. The molecule has 1 heterocycles. The third kappa shape index (κ3) is 5.71. The summed E-state index contributed by atoms with van der Waals surface area (Å²) in [5.41, 5.74) is 5.95. The van der Waals surface area contributed by atoms with Crippen molar-refractivity contribution >= 4 is 40.1 Å². The van der Waals surface area contributed by atoms with Gasteiger partial charge in [0, 0.05) is 32.7 Å². The lowest BCUT2D eigenvalue weighted by Crippen LogP contribution is -2.50. The quantitative estimate of drug-likeness (QED) is 0.366. The van der Waals surface area contributed by atoms with Crippen LogP contribution in [0.15, 0.2) is 4.99 Å². The summed E-state index contributed by atoms with van der Waals surface area (Å²) in [6, 6.07) is 0.335. The van der Waals surface area contributed by atoms with Gasteiger partial charge in [-0.05, 0) is 25.7 Å². The molecule has 7 nitrogen and oxygen atoms in total. The first-order valence-electron chi connectivity index (χ1n) is 8.17. The number of hydrogen-bond acceptors (Lipinski definition) is 3. The molecule has 1 atom stereocenters. The molecule has 9 heteroatoms. The second-order valence-electron chi connectivity index (χ2n) is 6.40. The fraction of sp³-hybridized carbons (Fsp3) is 0.929. The Bertz CT molecular complexity index is 491. The molecular weight excluding hydrogens is 429 g/mol. The zero-order valence-corrected chi connectivity index (χ0v) is 17.2. The first kappa shape index (κ1) is 20.9. The number of nitrogens with one attached hydrogen (secondary N) is 1. The standard InChI is InChI=1S/C14H29N5O2S.HI/c1-18(2)22(20,21)19-10-6-5-9-13(19)11-16-14(15)17-12-7-3-4-8-12;/h12-13H,3-11H2,1-2H3,(H3,15,16,17);1H. The molecule has 2 aliphatic rings. The maximum Gasteiger partial charge on any atom is 0.281 e. The molecule has 2 fully saturated rings. The van der Waals surface area contributed by atoms with Crippen molar-refractivity contribution in [1.29, 1.82) is 0 Å². The maximum atomic E-state index is 12.4. The number of guanidine groups is 1. The number of aliphatic imine (C=N–C) groups is 1. The van der Waals surface area contributed by atoms with Crippen LogP contribution in [-0.2, 0) is 10.2 Å². The van der Waals surface area contributed by atoms with Gasteiger partial charge in [-0.1, -0.05) is 19.3 Å². The molecule has 0 amide bonds. The van der Waals surface area contributed by atoms with Gasteiger partial charge in [0.1, 0.15) is 0 Å². The van der Waals surface area contributed by atoms with Crippen molar-refractivity contribution in [2.45, 2.75) is 57.0 Å². The molecule has 0 spiro atoms. The van der Waals surface area contributed by atoms with Crippen LogP contribution in [0.4, 0.5) is 0 Å². The maximum absolute atomic E-state index is 12.4. The number of hydrogen-bond donors (Lipinski definition) is 2. The molecule has 0 radical (unpaired) electrons. The van der Waals surface area contributed by atoms with Crippen LogP contribution in [0, 0.1) is 0 Å². The van der Waals surface area contributed by atoms with Crippen LogP contribution >= 0.6 is 24.0 Å². The SMILES string of the molecule is CN(C)S(=O)(=O)N1CCCCC1CN=C(N)NC1CCCC1.I. The smallest absolute Gasteiger partial charge is 0.281 e. The lowest BCUT2D eigenvalue weighted by Gasteiger charge is -2.35. The van der Waals surface area contributed by atoms with Gasteiger partial charge in [0.05, 0.1) is 6.54 Å². The molecule has 1 aliphatic heterocycles. The van der Waals surface area contributed by atoms with Gasteiger partial charge in [-0.15, -0.1) is 24.0 Å². The van der Waals surface area contributed by atoms with E-state index in [1.54, 1.807) is 18.4 Å². The van der Waals surface area contributed by atoms with E-state index in [-0.39, 0.29) is 30.0 Å². The van der Waals surface area contributed by atoms with Crippen molar-refractivity contribution in [2.75, 3.05) is 27.2 Å². The third-order valence-electron chi connectivity index (χ3n) is 4.51. The lowest BCUT2D eigenvalue weighted by molar-refractivity contribution is 0.245.